The maximum absolute atomic E-state index is 12.5. The number of piperazine rings is 1. The van der Waals surface area contributed by atoms with Crippen LogP contribution in [0, 0.1) is 5.92 Å². The van der Waals surface area contributed by atoms with Gasteiger partial charge in [0.15, 0.2) is 9.84 Å². The summed E-state index contributed by atoms with van der Waals surface area (Å²) in [5.74, 6) is 0.495. The summed E-state index contributed by atoms with van der Waals surface area (Å²) in [6.07, 6.45) is 0.496. The van der Waals surface area contributed by atoms with Crippen molar-refractivity contribution in [2.75, 3.05) is 37.7 Å². The fourth-order valence-electron chi connectivity index (χ4n) is 3.78. The first-order valence-electron chi connectivity index (χ1n) is 9.25. The van der Waals surface area contributed by atoms with Crippen LogP contribution in [0.5, 0.6) is 0 Å². The highest BCUT2D eigenvalue weighted by atomic mass is 32.2. The standard InChI is InChI=1S/C19H28N2O3S/c1-15(2)17-5-3-16(4-6-17)13-20-8-10-21(11-9-20)19(22)18-7-12-25(23,24)14-18/h3-6,15,18H,7-14H2,1-2H3/p+1/t18-/m0/s1. The largest absolute Gasteiger partial charge is 0.331 e. The van der Waals surface area contributed by atoms with Gasteiger partial charge in [-0.25, -0.2) is 8.42 Å². The van der Waals surface area contributed by atoms with E-state index < -0.39 is 9.84 Å². The van der Waals surface area contributed by atoms with Crippen molar-refractivity contribution in [2.45, 2.75) is 32.7 Å². The van der Waals surface area contributed by atoms with Gasteiger partial charge < -0.3 is 9.80 Å². The predicted octanol–water partition coefficient (Wildman–Crippen LogP) is 0.472. The molecule has 2 saturated heterocycles. The molecule has 0 saturated carbocycles. The molecule has 2 aliphatic heterocycles. The molecule has 0 aromatic heterocycles. The summed E-state index contributed by atoms with van der Waals surface area (Å²) in [6, 6.07) is 8.84. The zero-order valence-corrected chi connectivity index (χ0v) is 16.0. The van der Waals surface area contributed by atoms with Crippen LogP contribution in [-0.4, -0.2) is 56.9 Å². The SMILES string of the molecule is CC(C)c1ccc(C[NH+]2CCN(C(=O)[C@H]3CCS(=O)(=O)C3)CC2)cc1. The molecule has 3 rings (SSSR count). The molecule has 6 heteroatoms. The molecular formula is C19H29N2O3S+. The highest BCUT2D eigenvalue weighted by molar-refractivity contribution is 7.91. The van der Waals surface area contributed by atoms with Crippen LogP contribution in [0.25, 0.3) is 0 Å². The highest BCUT2D eigenvalue weighted by Gasteiger charge is 2.36. The molecule has 25 heavy (non-hydrogen) atoms. The molecule has 2 heterocycles. The number of hydrogen-bond donors (Lipinski definition) is 1. The minimum absolute atomic E-state index is 0.0428. The number of quaternary nitrogens is 1. The molecule has 1 N–H and O–H groups in total. The summed E-state index contributed by atoms with van der Waals surface area (Å²) in [5, 5.41) is 0. The monoisotopic (exact) mass is 365 g/mol. The average Bonchev–Trinajstić information content (AvgIpc) is 2.95. The van der Waals surface area contributed by atoms with Crippen LogP contribution in [0.2, 0.25) is 0 Å². The van der Waals surface area contributed by atoms with E-state index >= 15 is 0 Å². The van der Waals surface area contributed by atoms with Gasteiger partial charge in [-0.3, -0.25) is 4.79 Å². The molecule has 5 nitrogen and oxygen atoms in total. The molecular weight excluding hydrogens is 336 g/mol. The van der Waals surface area contributed by atoms with Crippen molar-refractivity contribution in [1.29, 1.82) is 0 Å². The third-order valence-corrected chi connectivity index (χ3v) is 7.23. The van der Waals surface area contributed by atoms with E-state index in [9.17, 15) is 13.2 Å². The predicted molar refractivity (Wildman–Crippen MR) is 98.3 cm³/mol. The van der Waals surface area contributed by atoms with Crippen molar-refractivity contribution in [3.8, 4) is 0 Å². The Morgan fingerprint density at radius 2 is 1.84 bits per heavy atom. The van der Waals surface area contributed by atoms with Crippen molar-refractivity contribution in [3.63, 3.8) is 0 Å². The Morgan fingerprint density at radius 1 is 1.20 bits per heavy atom. The first-order valence-corrected chi connectivity index (χ1v) is 11.1. The first-order chi connectivity index (χ1) is 11.8. The third kappa shape index (κ3) is 4.61. The summed E-state index contributed by atoms with van der Waals surface area (Å²) in [7, 11) is -2.99. The summed E-state index contributed by atoms with van der Waals surface area (Å²) in [5.41, 5.74) is 2.70. The first kappa shape index (κ1) is 18.4. The van der Waals surface area contributed by atoms with Crippen molar-refractivity contribution in [1.82, 2.24) is 4.90 Å². The van der Waals surface area contributed by atoms with E-state index in [4.69, 9.17) is 0 Å². The zero-order chi connectivity index (χ0) is 18.0. The van der Waals surface area contributed by atoms with E-state index in [1.165, 1.54) is 16.0 Å². The average molecular weight is 366 g/mol. The van der Waals surface area contributed by atoms with Gasteiger partial charge >= 0.3 is 0 Å². The van der Waals surface area contributed by atoms with Crippen LogP contribution in [0.3, 0.4) is 0 Å². The Balaban J connectivity index is 1.49. The molecule has 138 valence electrons. The van der Waals surface area contributed by atoms with Crippen LogP contribution in [0.15, 0.2) is 24.3 Å². The Bertz CT molecular complexity index is 705. The van der Waals surface area contributed by atoms with Crippen LogP contribution in [0.4, 0.5) is 0 Å². The Hall–Kier alpha value is -1.40. The Morgan fingerprint density at radius 3 is 2.36 bits per heavy atom. The molecule has 2 aliphatic rings. The van der Waals surface area contributed by atoms with Crippen LogP contribution in [0.1, 0.15) is 37.3 Å². The van der Waals surface area contributed by atoms with Gasteiger partial charge in [0.2, 0.25) is 5.91 Å². The fourth-order valence-corrected chi connectivity index (χ4v) is 5.51. The number of nitrogens with one attached hydrogen (secondary N) is 1. The molecule has 0 spiro atoms. The summed E-state index contributed by atoms with van der Waals surface area (Å²) in [4.78, 5) is 15.9. The number of nitrogens with zero attached hydrogens (tertiary/aromatic N) is 1. The minimum Gasteiger partial charge on any atom is -0.331 e. The Labute approximate surface area is 150 Å². The molecule has 1 aromatic carbocycles. The van der Waals surface area contributed by atoms with E-state index in [0.29, 0.717) is 12.3 Å². The third-order valence-electron chi connectivity index (χ3n) is 5.46. The lowest BCUT2D eigenvalue weighted by Gasteiger charge is -2.33. The number of amides is 1. The van der Waals surface area contributed by atoms with Crippen LogP contribution < -0.4 is 4.90 Å². The molecule has 2 fully saturated rings. The fraction of sp³-hybridized carbons (Fsp3) is 0.632. The molecule has 0 bridgehead atoms. The topological polar surface area (TPSA) is 58.9 Å². The molecule has 0 radical (unpaired) electrons. The molecule has 1 atom stereocenters. The van der Waals surface area contributed by atoms with Gasteiger partial charge in [-0.15, -0.1) is 0 Å². The zero-order valence-electron chi connectivity index (χ0n) is 15.2. The highest BCUT2D eigenvalue weighted by Crippen LogP contribution is 2.20. The van der Waals surface area contributed by atoms with Gasteiger partial charge in [0.25, 0.3) is 0 Å². The van der Waals surface area contributed by atoms with Crippen molar-refractivity contribution >= 4 is 15.7 Å². The van der Waals surface area contributed by atoms with Crippen molar-refractivity contribution < 1.29 is 18.1 Å². The second-order valence-electron chi connectivity index (χ2n) is 7.75. The lowest BCUT2D eigenvalue weighted by Crippen LogP contribution is -3.13. The lowest BCUT2D eigenvalue weighted by atomic mass is 10.0. The second kappa shape index (κ2) is 7.46. The van der Waals surface area contributed by atoms with Gasteiger partial charge in [-0.1, -0.05) is 38.1 Å². The molecule has 0 unspecified atom stereocenters. The Kier molecular flexibility index (Phi) is 5.49. The number of carbonyl (C=O) groups excluding carboxylic acids is 1. The summed E-state index contributed by atoms with van der Waals surface area (Å²) in [6.45, 7) is 8.70. The van der Waals surface area contributed by atoms with Crippen LogP contribution >= 0.6 is 0 Å². The van der Waals surface area contributed by atoms with E-state index in [1.807, 2.05) is 4.90 Å². The maximum atomic E-state index is 12.5. The van der Waals surface area contributed by atoms with Gasteiger partial charge in [0.05, 0.1) is 43.6 Å². The molecule has 1 aromatic rings. The lowest BCUT2D eigenvalue weighted by molar-refractivity contribution is -0.917. The number of sulfone groups is 1. The van der Waals surface area contributed by atoms with E-state index in [0.717, 1.165) is 32.7 Å². The van der Waals surface area contributed by atoms with Crippen molar-refractivity contribution in [2.24, 2.45) is 5.92 Å². The van der Waals surface area contributed by atoms with E-state index in [1.54, 1.807) is 0 Å². The second-order valence-corrected chi connectivity index (χ2v) is 9.98. The quantitative estimate of drug-likeness (QED) is 0.844. The molecule has 0 aliphatic carbocycles. The summed E-state index contributed by atoms with van der Waals surface area (Å²) >= 11 is 0. The normalized spacial score (nSPS) is 24.0. The van der Waals surface area contributed by atoms with Gasteiger partial charge in [0.1, 0.15) is 6.54 Å². The summed E-state index contributed by atoms with van der Waals surface area (Å²) < 4.78 is 23.1. The molecule has 1 amide bonds. The smallest absolute Gasteiger partial charge is 0.227 e. The number of hydrogen-bond acceptors (Lipinski definition) is 3. The number of carbonyl (C=O) groups is 1. The van der Waals surface area contributed by atoms with Gasteiger partial charge in [-0.05, 0) is 17.9 Å². The minimum atomic E-state index is -2.99. The van der Waals surface area contributed by atoms with Gasteiger partial charge in [-0.2, -0.15) is 0 Å². The van der Waals surface area contributed by atoms with Crippen LogP contribution in [-0.2, 0) is 21.2 Å². The van der Waals surface area contributed by atoms with Crippen molar-refractivity contribution in [3.05, 3.63) is 35.4 Å². The van der Waals surface area contributed by atoms with E-state index in [2.05, 4.69) is 38.1 Å². The number of rotatable bonds is 4. The van der Waals surface area contributed by atoms with Gasteiger partial charge in [0, 0.05) is 5.56 Å². The van der Waals surface area contributed by atoms with E-state index in [-0.39, 0.29) is 23.3 Å². The maximum Gasteiger partial charge on any atom is 0.227 e. The number of benzene rings is 1.